The number of nitrogens with zero attached hydrogens (tertiary/aromatic N) is 3. The predicted molar refractivity (Wildman–Crippen MR) is 92.7 cm³/mol. The van der Waals surface area contributed by atoms with E-state index in [1.807, 2.05) is 20.8 Å². The second-order valence-electron chi connectivity index (χ2n) is 7.03. The van der Waals surface area contributed by atoms with Crippen LogP contribution in [0.2, 0.25) is 0 Å². The van der Waals surface area contributed by atoms with Crippen LogP contribution in [0.5, 0.6) is 0 Å². The molecule has 0 unspecified atom stereocenters. The normalized spacial score (nSPS) is 17.2. The summed E-state index contributed by atoms with van der Waals surface area (Å²) in [4.78, 5) is 27.7. The van der Waals surface area contributed by atoms with Gasteiger partial charge < -0.3 is 9.64 Å². The molecule has 1 aromatic rings. The van der Waals surface area contributed by atoms with E-state index in [0.29, 0.717) is 23.9 Å². The third-order valence-corrected chi connectivity index (χ3v) is 5.30. The lowest BCUT2D eigenvalue weighted by molar-refractivity contribution is -0.385. The maximum absolute atomic E-state index is 12.4. The fraction of sp³-hybridized carbons (Fsp3) is 0.625. The number of hydrogen-bond acceptors (Lipinski definition) is 6. The minimum atomic E-state index is -1.31. The van der Waals surface area contributed by atoms with Crippen molar-refractivity contribution >= 4 is 22.6 Å². The first-order valence-corrected chi connectivity index (χ1v) is 9.44. The third-order valence-electron chi connectivity index (χ3n) is 3.82. The molecule has 0 radical (unpaired) electrons. The number of carbonyl (C=O) groups excluding carboxylic acids is 1. The Labute approximate surface area is 149 Å². The van der Waals surface area contributed by atoms with Gasteiger partial charge in [0.25, 0.3) is 5.69 Å². The Balaban J connectivity index is 1.84. The van der Waals surface area contributed by atoms with Crippen LogP contribution in [0.25, 0.3) is 0 Å². The summed E-state index contributed by atoms with van der Waals surface area (Å²) in [5, 5.41) is 11.0. The zero-order chi connectivity index (χ0) is 18.6. The van der Waals surface area contributed by atoms with Gasteiger partial charge in [-0.25, -0.2) is 9.78 Å². The number of nitro groups is 1. The molecule has 8 nitrogen and oxygen atoms in total. The van der Waals surface area contributed by atoms with Crippen LogP contribution in [0.3, 0.4) is 0 Å². The van der Waals surface area contributed by atoms with Gasteiger partial charge in [-0.2, -0.15) is 0 Å². The van der Waals surface area contributed by atoms with Crippen LogP contribution >= 0.6 is 0 Å². The first-order chi connectivity index (χ1) is 11.7. The van der Waals surface area contributed by atoms with Crippen LogP contribution < -0.4 is 0 Å². The minimum absolute atomic E-state index is 0.119. The van der Waals surface area contributed by atoms with E-state index in [4.69, 9.17) is 4.74 Å². The number of amides is 1. The predicted octanol–water partition coefficient (Wildman–Crippen LogP) is 2.74. The minimum Gasteiger partial charge on any atom is -0.444 e. The van der Waals surface area contributed by atoms with Gasteiger partial charge in [-0.05, 0) is 45.6 Å². The molecule has 25 heavy (non-hydrogen) atoms. The zero-order valence-corrected chi connectivity index (χ0v) is 15.5. The molecular formula is C16H23N3O5S. The average molecular weight is 369 g/mol. The topological polar surface area (TPSA) is 103 Å². The van der Waals surface area contributed by atoms with Crippen molar-refractivity contribution in [2.75, 3.05) is 18.8 Å². The number of likely N-dealkylation sites (tertiary alicyclic amines) is 1. The van der Waals surface area contributed by atoms with Crippen LogP contribution in [0, 0.1) is 16.0 Å². The van der Waals surface area contributed by atoms with Crippen molar-refractivity contribution in [2.45, 2.75) is 44.2 Å². The van der Waals surface area contributed by atoms with E-state index in [2.05, 4.69) is 4.98 Å². The highest BCUT2D eigenvalue weighted by Crippen LogP contribution is 2.22. The van der Waals surface area contributed by atoms with Crippen molar-refractivity contribution < 1.29 is 18.7 Å². The summed E-state index contributed by atoms with van der Waals surface area (Å²) in [5.74, 6) is 0.656. The van der Waals surface area contributed by atoms with Gasteiger partial charge in [-0.1, -0.05) is 0 Å². The summed E-state index contributed by atoms with van der Waals surface area (Å²) in [6, 6.07) is 2.75. The molecule has 2 heterocycles. The van der Waals surface area contributed by atoms with Gasteiger partial charge in [0.2, 0.25) is 0 Å². The average Bonchev–Trinajstić information content (AvgIpc) is 2.54. The summed E-state index contributed by atoms with van der Waals surface area (Å²) < 4.78 is 17.7. The molecule has 1 aliphatic heterocycles. The molecule has 0 bridgehead atoms. The number of piperidine rings is 1. The molecule has 1 atom stereocenters. The second-order valence-corrected chi connectivity index (χ2v) is 8.48. The molecule has 0 aliphatic carbocycles. The zero-order valence-electron chi connectivity index (χ0n) is 14.6. The molecule has 0 aromatic carbocycles. The van der Waals surface area contributed by atoms with Gasteiger partial charge >= 0.3 is 6.09 Å². The van der Waals surface area contributed by atoms with Gasteiger partial charge in [0.05, 0.1) is 15.7 Å². The molecule has 2 rings (SSSR count). The van der Waals surface area contributed by atoms with Crippen LogP contribution in [0.15, 0.2) is 23.4 Å². The molecule has 1 saturated heterocycles. The smallest absolute Gasteiger partial charge is 0.410 e. The van der Waals surface area contributed by atoms with E-state index in [1.165, 1.54) is 12.1 Å². The van der Waals surface area contributed by atoms with Crippen LogP contribution in [-0.4, -0.2) is 49.6 Å². The Morgan fingerprint density at radius 3 is 2.52 bits per heavy atom. The Hall–Kier alpha value is -2.03. The molecule has 1 amide bonds. The number of hydrogen-bond donors (Lipinski definition) is 0. The molecule has 9 heteroatoms. The lowest BCUT2D eigenvalue weighted by Crippen LogP contribution is -2.42. The lowest BCUT2D eigenvalue weighted by Gasteiger charge is -2.33. The molecule has 0 spiro atoms. The summed E-state index contributed by atoms with van der Waals surface area (Å²) in [7, 11) is -1.31. The first kappa shape index (κ1) is 19.3. The quantitative estimate of drug-likeness (QED) is 0.597. The lowest BCUT2D eigenvalue weighted by atomic mass is 9.99. The Morgan fingerprint density at radius 1 is 1.40 bits per heavy atom. The maximum Gasteiger partial charge on any atom is 0.410 e. The maximum atomic E-state index is 12.4. The molecular weight excluding hydrogens is 346 g/mol. The molecule has 0 N–H and O–H groups in total. The van der Waals surface area contributed by atoms with E-state index >= 15 is 0 Å². The van der Waals surface area contributed by atoms with Crippen molar-refractivity contribution in [3.63, 3.8) is 0 Å². The fourth-order valence-electron chi connectivity index (χ4n) is 2.52. The summed E-state index contributed by atoms with van der Waals surface area (Å²) in [5.41, 5.74) is -0.636. The fourth-order valence-corrected chi connectivity index (χ4v) is 3.85. The SMILES string of the molecule is CC(C)(C)OC(=O)N1CCC(C[S@](=O)c2ccc([N+](=O)[O-])cn2)CC1. The monoisotopic (exact) mass is 369 g/mol. The number of pyridine rings is 1. The standard InChI is InChI=1S/C16H23N3O5S/c1-16(2,3)24-15(20)18-8-6-12(7-9-18)11-25(23)14-5-4-13(10-17-14)19(21)22/h4-5,10,12H,6-9,11H2,1-3H3/t25-/m0/s1. The Morgan fingerprint density at radius 2 is 2.04 bits per heavy atom. The first-order valence-electron chi connectivity index (χ1n) is 8.12. The van der Waals surface area contributed by atoms with Crippen molar-refractivity contribution in [1.29, 1.82) is 0 Å². The Bertz CT molecular complexity index is 649. The largest absolute Gasteiger partial charge is 0.444 e. The third kappa shape index (κ3) is 5.77. The molecule has 1 aromatic heterocycles. The summed E-state index contributed by atoms with van der Waals surface area (Å²) in [6.07, 6.45) is 2.30. The van der Waals surface area contributed by atoms with E-state index < -0.39 is 21.3 Å². The molecule has 0 saturated carbocycles. The van der Waals surface area contributed by atoms with E-state index in [1.54, 1.807) is 4.90 Å². The molecule has 1 fully saturated rings. The second kappa shape index (κ2) is 7.90. The molecule has 138 valence electrons. The van der Waals surface area contributed by atoms with Crippen molar-refractivity contribution in [3.05, 3.63) is 28.4 Å². The van der Waals surface area contributed by atoms with Gasteiger partial charge in [0.1, 0.15) is 16.8 Å². The summed E-state index contributed by atoms with van der Waals surface area (Å²) in [6.45, 7) is 6.64. The van der Waals surface area contributed by atoms with Crippen LogP contribution in [-0.2, 0) is 15.5 Å². The number of aromatic nitrogens is 1. The highest BCUT2D eigenvalue weighted by Gasteiger charge is 2.28. The van der Waals surface area contributed by atoms with Crippen molar-refractivity contribution in [2.24, 2.45) is 5.92 Å². The van der Waals surface area contributed by atoms with E-state index in [-0.39, 0.29) is 17.7 Å². The highest BCUT2D eigenvalue weighted by molar-refractivity contribution is 7.84. The van der Waals surface area contributed by atoms with Gasteiger partial charge in [0, 0.05) is 24.9 Å². The summed E-state index contributed by atoms with van der Waals surface area (Å²) >= 11 is 0. The number of ether oxygens (including phenoxy) is 1. The molecule has 1 aliphatic rings. The van der Waals surface area contributed by atoms with Crippen molar-refractivity contribution in [1.82, 2.24) is 9.88 Å². The van der Waals surface area contributed by atoms with E-state index in [0.717, 1.165) is 19.0 Å². The highest BCUT2D eigenvalue weighted by atomic mass is 32.2. The van der Waals surface area contributed by atoms with Crippen molar-refractivity contribution in [3.8, 4) is 0 Å². The van der Waals surface area contributed by atoms with Gasteiger partial charge in [-0.3, -0.25) is 14.3 Å². The van der Waals surface area contributed by atoms with Crippen LogP contribution in [0.4, 0.5) is 10.5 Å². The van der Waals surface area contributed by atoms with E-state index in [9.17, 15) is 19.1 Å². The number of rotatable bonds is 4. The van der Waals surface area contributed by atoms with Crippen LogP contribution in [0.1, 0.15) is 33.6 Å². The number of carbonyl (C=O) groups is 1. The Kier molecular flexibility index (Phi) is 6.10. The van der Waals surface area contributed by atoms with Gasteiger partial charge in [-0.15, -0.1) is 0 Å². The van der Waals surface area contributed by atoms with Gasteiger partial charge in [0.15, 0.2) is 0 Å².